The molecule has 0 bridgehead atoms. The van der Waals surface area contributed by atoms with Gasteiger partial charge < -0.3 is 9.84 Å². The number of ketones is 1. The van der Waals surface area contributed by atoms with Gasteiger partial charge in [-0.1, -0.05) is 12.1 Å². The number of ether oxygens (including phenoxy) is 1. The summed E-state index contributed by atoms with van der Waals surface area (Å²) in [5.74, 6) is -3.24. The third-order valence-corrected chi connectivity index (χ3v) is 4.62. The van der Waals surface area contributed by atoms with Crippen LogP contribution in [-0.2, 0) is 29.1 Å². The van der Waals surface area contributed by atoms with E-state index in [2.05, 4.69) is 4.74 Å². The molecule has 1 rings (SSSR count). The summed E-state index contributed by atoms with van der Waals surface area (Å²) < 4.78 is 29.8. The van der Waals surface area contributed by atoms with Crippen LogP contribution in [0.3, 0.4) is 0 Å². The lowest BCUT2D eigenvalue weighted by atomic mass is 10.3. The summed E-state index contributed by atoms with van der Waals surface area (Å²) in [6.45, 7) is -1.74. The number of rotatable bonds is 9. The number of sulfonamides is 1. The Hall–Kier alpha value is -2.86. The van der Waals surface area contributed by atoms with Gasteiger partial charge in [-0.05, 0) is 6.07 Å². The number of aliphatic carboxylic acids is 1. The molecule has 0 fully saturated rings. The van der Waals surface area contributed by atoms with E-state index in [0.29, 0.717) is 0 Å². The number of hydrogen-bond donors (Lipinski definition) is 1. The average Bonchev–Trinajstić information content (AvgIpc) is 2.51. The number of nitrogens with zero attached hydrogens (tertiary/aromatic N) is 2. The lowest BCUT2D eigenvalue weighted by Crippen LogP contribution is -2.40. The topological polar surface area (TPSA) is 161 Å². The van der Waals surface area contributed by atoms with Gasteiger partial charge in [-0.25, -0.2) is 8.42 Å². The van der Waals surface area contributed by atoms with Crippen LogP contribution < -0.4 is 0 Å². The van der Waals surface area contributed by atoms with Crippen molar-refractivity contribution in [3.63, 3.8) is 0 Å². The summed E-state index contributed by atoms with van der Waals surface area (Å²) in [6, 6.07) is 4.33. The molecular formula is C13H14N2O9S. The fourth-order valence-corrected chi connectivity index (χ4v) is 3.30. The molecule has 136 valence electrons. The fourth-order valence-electron chi connectivity index (χ4n) is 1.77. The van der Waals surface area contributed by atoms with E-state index in [1.165, 1.54) is 12.1 Å². The smallest absolute Gasteiger partial charge is 0.318 e. The van der Waals surface area contributed by atoms with E-state index in [0.717, 1.165) is 19.1 Å². The second kappa shape index (κ2) is 8.30. The second-order valence-electron chi connectivity index (χ2n) is 4.71. The molecule has 11 nitrogen and oxygen atoms in total. The molecule has 1 aromatic carbocycles. The highest BCUT2D eigenvalue weighted by Gasteiger charge is 2.33. The Bertz CT molecular complexity index is 803. The number of nitro groups is 1. The van der Waals surface area contributed by atoms with E-state index < -0.39 is 62.9 Å². The number of hydrogen-bond acceptors (Lipinski definition) is 8. The Morgan fingerprint density at radius 2 is 1.84 bits per heavy atom. The van der Waals surface area contributed by atoms with Gasteiger partial charge in [0.1, 0.15) is 6.54 Å². The molecule has 0 saturated heterocycles. The Morgan fingerprint density at radius 1 is 1.24 bits per heavy atom. The molecule has 25 heavy (non-hydrogen) atoms. The van der Waals surface area contributed by atoms with E-state index in [-0.39, 0.29) is 4.31 Å². The average molecular weight is 374 g/mol. The monoisotopic (exact) mass is 374 g/mol. The SMILES string of the molecule is CC(=O)OCC(=O)CN(CC(=O)O)S(=O)(=O)c1ccccc1[N+](=O)[O-]. The number of carbonyl (C=O) groups excluding carboxylic acids is 2. The van der Waals surface area contributed by atoms with Crippen molar-refractivity contribution in [2.45, 2.75) is 11.8 Å². The summed E-state index contributed by atoms with van der Waals surface area (Å²) in [5.41, 5.74) is -0.759. The highest BCUT2D eigenvalue weighted by molar-refractivity contribution is 7.89. The fraction of sp³-hybridized carbons (Fsp3) is 0.308. The quantitative estimate of drug-likeness (QED) is 0.350. The third-order valence-electron chi connectivity index (χ3n) is 2.78. The molecule has 0 amide bonds. The standard InChI is InChI=1S/C13H14N2O9S/c1-9(16)24-8-10(17)6-14(7-13(18)19)25(22,23)12-5-3-2-4-11(12)15(20)21/h2-5H,6-8H2,1H3,(H,18,19). The van der Waals surface area contributed by atoms with Gasteiger partial charge in [-0.2, -0.15) is 4.31 Å². The molecule has 0 aliphatic rings. The first kappa shape index (κ1) is 20.2. The predicted molar refractivity (Wildman–Crippen MR) is 81.1 cm³/mol. The number of Topliss-reactive ketones (excluding diaryl/α,β-unsaturated/α-hetero) is 1. The Morgan fingerprint density at radius 3 is 2.36 bits per heavy atom. The van der Waals surface area contributed by atoms with Crippen molar-refractivity contribution in [3.8, 4) is 0 Å². The van der Waals surface area contributed by atoms with E-state index in [1.807, 2.05) is 0 Å². The van der Waals surface area contributed by atoms with Crippen LogP contribution in [0.5, 0.6) is 0 Å². The first-order valence-electron chi connectivity index (χ1n) is 6.66. The van der Waals surface area contributed by atoms with Crippen molar-refractivity contribution in [2.24, 2.45) is 0 Å². The van der Waals surface area contributed by atoms with E-state index >= 15 is 0 Å². The van der Waals surface area contributed by atoms with Crippen LogP contribution in [-0.4, -0.2) is 60.2 Å². The minimum atomic E-state index is -4.66. The van der Waals surface area contributed by atoms with Gasteiger partial charge >= 0.3 is 11.9 Å². The normalized spacial score (nSPS) is 11.1. The third kappa shape index (κ3) is 5.61. The van der Waals surface area contributed by atoms with Gasteiger partial charge in [0, 0.05) is 13.0 Å². The van der Waals surface area contributed by atoms with Crippen molar-refractivity contribution in [2.75, 3.05) is 19.7 Å². The van der Waals surface area contributed by atoms with Crippen molar-refractivity contribution < 1.29 is 37.6 Å². The zero-order valence-electron chi connectivity index (χ0n) is 12.9. The van der Waals surface area contributed by atoms with Gasteiger partial charge in [0.2, 0.25) is 0 Å². The van der Waals surface area contributed by atoms with Gasteiger partial charge in [-0.3, -0.25) is 24.5 Å². The van der Waals surface area contributed by atoms with Gasteiger partial charge in [0.05, 0.1) is 11.5 Å². The van der Waals surface area contributed by atoms with E-state index in [1.54, 1.807) is 0 Å². The molecule has 0 heterocycles. The zero-order valence-corrected chi connectivity index (χ0v) is 13.8. The number of benzene rings is 1. The van der Waals surface area contributed by atoms with Gasteiger partial charge in [0.15, 0.2) is 17.3 Å². The predicted octanol–water partition coefficient (Wildman–Crippen LogP) is -0.198. The van der Waals surface area contributed by atoms with Crippen LogP contribution >= 0.6 is 0 Å². The summed E-state index contributed by atoms with van der Waals surface area (Å²) in [4.78, 5) is 42.6. The molecule has 0 aliphatic heterocycles. The summed E-state index contributed by atoms with van der Waals surface area (Å²) >= 11 is 0. The van der Waals surface area contributed by atoms with E-state index in [9.17, 15) is 32.9 Å². The number of carbonyl (C=O) groups is 3. The molecule has 0 radical (unpaired) electrons. The molecule has 12 heteroatoms. The molecule has 0 saturated carbocycles. The zero-order chi connectivity index (χ0) is 19.2. The molecule has 1 N–H and O–H groups in total. The lowest BCUT2D eigenvalue weighted by Gasteiger charge is -2.19. The minimum absolute atomic E-state index is 0.267. The van der Waals surface area contributed by atoms with Gasteiger partial charge in [0.25, 0.3) is 15.7 Å². The van der Waals surface area contributed by atoms with Crippen LogP contribution in [0, 0.1) is 10.1 Å². The first-order valence-corrected chi connectivity index (χ1v) is 8.10. The second-order valence-corrected chi connectivity index (χ2v) is 6.62. The maximum atomic E-state index is 12.6. The summed E-state index contributed by atoms with van der Waals surface area (Å²) in [7, 11) is -4.66. The molecule has 0 spiro atoms. The maximum absolute atomic E-state index is 12.6. The molecule has 1 aromatic rings. The van der Waals surface area contributed by atoms with Crippen LogP contribution in [0.4, 0.5) is 5.69 Å². The van der Waals surface area contributed by atoms with Crippen molar-refractivity contribution >= 4 is 33.4 Å². The minimum Gasteiger partial charge on any atom is -0.480 e. The molecule has 0 atom stereocenters. The van der Waals surface area contributed by atoms with Crippen molar-refractivity contribution in [1.29, 1.82) is 0 Å². The van der Waals surface area contributed by atoms with Gasteiger partial charge in [-0.15, -0.1) is 0 Å². The number of esters is 1. The first-order chi connectivity index (χ1) is 11.6. The van der Waals surface area contributed by atoms with Crippen molar-refractivity contribution in [1.82, 2.24) is 4.31 Å². The van der Waals surface area contributed by atoms with Crippen molar-refractivity contribution in [3.05, 3.63) is 34.4 Å². The number of para-hydroxylation sites is 1. The molecule has 0 aromatic heterocycles. The Balaban J connectivity index is 3.21. The molecular weight excluding hydrogens is 360 g/mol. The van der Waals surface area contributed by atoms with Crippen LogP contribution in [0.1, 0.15) is 6.92 Å². The highest BCUT2D eigenvalue weighted by atomic mass is 32.2. The Labute approximate surface area is 142 Å². The summed E-state index contributed by atoms with van der Waals surface area (Å²) in [5, 5.41) is 19.9. The highest BCUT2D eigenvalue weighted by Crippen LogP contribution is 2.26. The van der Waals surface area contributed by atoms with Crippen LogP contribution in [0.25, 0.3) is 0 Å². The molecule has 0 aliphatic carbocycles. The number of nitro benzene ring substituents is 1. The Kier molecular flexibility index (Phi) is 6.70. The lowest BCUT2D eigenvalue weighted by molar-refractivity contribution is -0.387. The largest absolute Gasteiger partial charge is 0.480 e. The number of carboxylic acids is 1. The summed E-state index contributed by atoms with van der Waals surface area (Å²) in [6.07, 6.45) is 0. The van der Waals surface area contributed by atoms with Crippen LogP contribution in [0.15, 0.2) is 29.2 Å². The number of carboxylic acid groups (broad SMARTS) is 1. The molecule has 0 unspecified atom stereocenters. The van der Waals surface area contributed by atoms with E-state index in [4.69, 9.17) is 5.11 Å². The van der Waals surface area contributed by atoms with Crippen LogP contribution in [0.2, 0.25) is 0 Å². The maximum Gasteiger partial charge on any atom is 0.318 e.